The van der Waals surface area contributed by atoms with Gasteiger partial charge < -0.3 is 15.4 Å². The molecule has 0 aromatic heterocycles. The normalized spacial score (nSPS) is 10.0. The van der Waals surface area contributed by atoms with E-state index >= 15 is 0 Å². The number of anilines is 1. The molecule has 0 saturated heterocycles. The van der Waals surface area contributed by atoms with Crippen molar-refractivity contribution >= 4 is 17.5 Å². The monoisotopic (exact) mass is 312 g/mol. The minimum Gasteiger partial charge on any atom is -0.484 e. The number of aryl methyl sites for hydroxylation is 1. The number of carbonyl (C=O) groups is 2. The summed E-state index contributed by atoms with van der Waals surface area (Å²) in [6.45, 7) is 3.79. The first-order valence-electron chi connectivity index (χ1n) is 7.36. The van der Waals surface area contributed by atoms with E-state index in [2.05, 4.69) is 10.6 Å². The highest BCUT2D eigenvalue weighted by atomic mass is 16.5. The summed E-state index contributed by atoms with van der Waals surface area (Å²) in [5, 5.41) is 5.49. The molecule has 0 aliphatic rings. The summed E-state index contributed by atoms with van der Waals surface area (Å²) < 4.78 is 5.49. The lowest BCUT2D eigenvalue weighted by Crippen LogP contribution is -2.28. The fraction of sp³-hybridized carbons (Fsp3) is 0.222. The summed E-state index contributed by atoms with van der Waals surface area (Å²) in [4.78, 5) is 22.8. The Labute approximate surface area is 135 Å². The first-order valence-corrected chi connectivity index (χ1v) is 7.36. The molecule has 23 heavy (non-hydrogen) atoms. The summed E-state index contributed by atoms with van der Waals surface area (Å²) in [6.07, 6.45) is 0. The number of hydrogen-bond acceptors (Lipinski definition) is 3. The predicted molar refractivity (Wildman–Crippen MR) is 89.3 cm³/mol. The lowest BCUT2D eigenvalue weighted by molar-refractivity contribution is -0.123. The van der Waals surface area contributed by atoms with Crippen molar-refractivity contribution in [2.75, 3.05) is 11.9 Å². The number of benzene rings is 2. The average Bonchev–Trinajstić information content (AvgIpc) is 2.53. The highest BCUT2D eigenvalue weighted by molar-refractivity contribution is 5.88. The lowest BCUT2D eigenvalue weighted by atomic mass is 10.2. The first kappa shape index (κ1) is 16.5. The molecule has 0 heterocycles. The number of para-hydroxylation sites is 1. The Morgan fingerprint density at radius 1 is 1.04 bits per heavy atom. The van der Waals surface area contributed by atoms with Gasteiger partial charge in [0.25, 0.3) is 5.91 Å². The average molecular weight is 312 g/mol. The van der Waals surface area contributed by atoms with Gasteiger partial charge in [-0.3, -0.25) is 9.59 Å². The van der Waals surface area contributed by atoms with E-state index in [1.807, 2.05) is 43.3 Å². The molecule has 0 unspecified atom stereocenters. The Bertz CT molecular complexity index is 681. The van der Waals surface area contributed by atoms with Crippen LogP contribution in [0, 0.1) is 6.92 Å². The molecule has 0 spiro atoms. The smallest absolute Gasteiger partial charge is 0.258 e. The molecule has 2 amide bonds. The third-order valence-corrected chi connectivity index (χ3v) is 3.22. The number of nitrogens with one attached hydrogen (secondary N) is 2. The summed E-state index contributed by atoms with van der Waals surface area (Å²) in [5.41, 5.74) is 2.67. The topological polar surface area (TPSA) is 67.4 Å². The van der Waals surface area contributed by atoms with Crippen molar-refractivity contribution in [3.8, 4) is 5.75 Å². The van der Waals surface area contributed by atoms with Crippen LogP contribution in [0.25, 0.3) is 0 Å². The van der Waals surface area contributed by atoms with Crippen LogP contribution in [-0.2, 0) is 16.1 Å². The molecule has 120 valence electrons. The van der Waals surface area contributed by atoms with Crippen LogP contribution in [0.5, 0.6) is 5.75 Å². The van der Waals surface area contributed by atoms with E-state index in [1.54, 1.807) is 12.1 Å². The molecule has 0 aliphatic carbocycles. The standard InChI is InChI=1S/C18H20N2O3/c1-13-5-3-4-6-17(13)23-12-18(22)19-11-15-7-9-16(10-8-15)20-14(2)21/h3-10H,11-12H2,1-2H3,(H,19,22)(H,20,21). The zero-order chi connectivity index (χ0) is 16.7. The molecule has 0 fully saturated rings. The van der Waals surface area contributed by atoms with Crippen molar-refractivity contribution in [1.82, 2.24) is 5.32 Å². The Morgan fingerprint density at radius 3 is 2.39 bits per heavy atom. The molecule has 0 aliphatic heterocycles. The molecular weight excluding hydrogens is 292 g/mol. The zero-order valence-corrected chi connectivity index (χ0v) is 13.3. The van der Waals surface area contributed by atoms with Crippen molar-refractivity contribution in [2.24, 2.45) is 0 Å². The third-order valence-electron chi connectivity index (χ3n) is 3.22. The van der Waals surface area contributed by atoms with Crippen molar-refractivity contribution in [1.29, 1.82) is 0 Å². The minimum atomic E-state index is -0.181. The van der Waals surface area contributed by atoms with Gasteiger partial charge in [-0.1, -0.05) is 30.3 Å². The van der Waals surface area contributed by atoms with E-state index in [-0.39, 0.29) is 18.4 Å². The number of hydrogen-bond donors (Lipinski definition) is 2. The van der Waals surface area contributed by atoms with Crippen molar-refractivity contribution in [3.05, 3.63) is 59.7 Å². The van der Waals surface area contributed by atoms with E-state index in [9.17, 15) is 9.59 Å². The highest BCUT2D eigenvalue weighted by Crippen LogP contribution is 2.15. The Balaban J connectivity index is 1.78. The van der Waals surface area contributed by atoms with Crippen molar-refractivity contribution in [3.63, 3.8) is 0 Å². The van der Waals surface area contributed by atoms with Gasteiger partial charge in [-0.15, -0.1) is 0 Å². The Hall–Kier alpha value is -2.82. The molecule has 0 saturated carbocycles. The van der Waals surface area contributed by atoms with Crippen LogP contribution < -0.4 is 15.4 Å². The predicted octanol–water partition coefficient (Wildman–Crippen LogP) is 2.65. The molecule has 5 heteroatoms. The van der Waals surface area contributed by atoms with Crippen LogP contribution in [0.4, 0.5) is 5.69 Å². The molecule has 0 radical (unpaired) electrons. The van der Waals surface area contributed by atoms with Gasteiger partial charge in [0, 0.05) is 19.2 Å². The fourth-order valence-corrected chi connectivity index (χ4v) is 2.02. The van der Waals surface area contributed by atoms with E-state index in [0.717, 1.165) is 16.8 Å². The van der Waals surface area contributed by atoms with Crippen LogP contribution in [0.1, 0.15) is 18.1 Å². The van der Waals surface area contributed by atoms with Gasteiger partial charge in [-0.25, -0.2) is 0 Å². The molecule has 0 bridgehead atoms. The Kier molecular flexibility index (Phi) is 5.74. The maximum absolute atomic E-state index is 11.8. The number of rotatable bonds is 6. The molecule has 0 atom stereocenters. The summed E-state index contributed by atoms with van der Waals surface area (Å²) >= 11 is 0. The molecule has 2 aromatic rings. The van der Waals surface area contributed by atoms with Gasteiger partial charge in [0.1, 0.15) is 5.75 Å². The van der Waals surface area contributed by atoms with E-state index in [4.69, 9.17) is 4.74 Å². The van der Waals surface area contributed by atoms with Gasteiger partial charge in [0.2, 0.25) is 5.91 Å². The van der Waals surface area contributed by atoms with E-state index in [1.165, 1.54) is 6.92 Å². The third kappa shape index (κ3) is 5.47. The molecule has 5 nitrogen and oxygen atoms in total. The van der Waals surface area contributed by atoms with Gasteiger partial charge in [-0.05, 0) is 36.2 Å². The maximum Gasteiger partial charge on any atom is 0.258 e. The SMILES string of the molecule is CC(=O)Nc1ccc(CNC(=O)COc2ccccc2C)cc1. The van der Waals surface area contributed by atoms with E-state index < -0.39 is 0 Å². The highest BCUT2D eigenvalue weighted by Gasteiger charge is 2.04. The van der Waals surface area contributed by atoms with Crippen molar-refractivity contribution < 1.29 is 14.3 Å². The second kappa shape index (κ2) is 7.98. The molecule has 2 N–H and O–H groups in total. The van der Waals surface area contributed by atoms with Gasteiger partial charge in [0.15, 0.2) is 6.61 Å². The van der Waals surface area contributed by atoms with Crippen LogP contribution in [0.15, 0.2) is 48.5 Å². The number of ether oxygens (including phenoxy) is 1. The Morgan fingerprint density at radius 2 is 1.74 bits per heavy atom. The zero-order valence-electron chi connectivity index (χ0n) is 13.3. The lowest BCUT2D eigenvalue weighted by Gasteiger charge is -2.10. The van der Waals surface area contributed by atoms with Crippen LogP contribution in [0.3, 0.4) is 0 Å². The molecule has 2 rings (SSSR count). The quantitative estimate of drug-likeness (QED) is 0.861. The number of amides is 2. The van der Waals surface area contributed by atoms with Crippen LogP contribution in [-0.4, -0.2) is 18.4 Å². The number of carbonyl (C=O) groups excluding carboxylic acids is 2. The van der Waals surface area contributed by atoms with Crippen LogP contribution in [0.2, 0.25) is 0 Å². The molecule has 2 aromatic carbocycles. The second-order valence-electron chi connectivity index (χ2n) is 5.21. The van der Waals surface area contributed by atoms with Gasteiger partial charge in [-0.2, -0.15) is 0 Å². The largest absolute Gasteiger partial charge is 0.484 e. The van der Waals surface area contributed by atoms with Crippen molar-refractivity contribution in [2.45, 2.75) is 20.4 Å². The van der Waals surface area contributed by atoms with Gasteiger partial charge >= 0.3 is 0 Å². The summed E-state index contributed by atoms with van der Waals surface area (Å²) in [7, 11) is 0. The minimum absolute atomic E-state index is 0.0190. The fourth-order valence-electron chi connectivity index (χ4n) is 2.02. The first-order chi connectivity index (χ1) is 11.0. The maximum atomic E-state index is 11.8. The molecular formula is C18H20N2O3. The van der Waals surface area contributed by atoms with Gasteiger partial charge in [0.05, 0.1) is 0 Å². The van der Waals surface area contributed by atoms with Crippen LogP contribution >= 0.6 is 0 Å². The summed E-state index contributed by atoms with van der Waals surface area (Å²) in [5.74, 6) is 0.418. The summed E-state index contributed by atoms with van der Waals surface area (Å²) in [6, 6.07) is 14.9. The van der Waals surface area contributed by atoms with E-state index in [0.29, 0.717) is 12.3 Å². The second-order valence-corrected chi connectivity index (χ2v) is 5.21.